The average molecular weight is 393 g/mol. The van der Waals surface area contributed by atoms with Gasteiger partial charge in [0.05, 0.1) is 11.3 Å². The number of nitrogens with one attached hydrogen (secondary N) is 2. The zero-order valence-corrected chi connectivity index (χ0v) is 16.5. The van der Waals surface area contributed by atoms with Crippen LogP contribution < -0.4 is 10.6 Å². The van der Waals surface area contributed by atoms with Crippen LogP contribution in [-0.2, 0) is 9.59 Å². The number of amides is 2. The summed E-state index contributed by atoms with van der Waals surface area (Å²) in [5.41, 5.74) is 0.391. The molecule has 1 aromatic rings. The van der Waals surface area contributed by atoms with Gasteiger partial charge in [0.1, 0.15) is 6.04 Å². The monoisotopic (exact) mass is 392 g/mol. The minimum atomic E-state index is -1.06. The highest BCUT2D eigenvalue weighted by atomic mass is 32.2. The molecular weight excluding hydrogens is 364 g/mol. The molecule has 0 aromatic heterocycles. The topological polar surface area (TPSA) is 95.5 Å². The van der Waals surface area contributed by atoms with Crippen molar-refractivity contribution >= 4 is 29.5 Å². The van der Waals surface area contributed by atoms with Crippen LogP contribution in [0.5, 0.6) is 0 Å². The molecular formula is C20H28N2O4S. The fourth-order valence-corrected chi connectivity index (χ4v) is 4.08. The molecule has 2 amide bonds. The number of aliphatic carboxylic acids is 1. The second-order valence-electron chi connectivity index (χ2n) is 6.87. The fraction of sp³-hybridized carbons (Fsp3) is 0.550. The number of carbonyl (C=O) groups is 3. The van der Waals surface area contributed by atoms with E-state index in [-0.39, 0.29) is 11.7 Å². The molecule has 1 saturated carbocycles. The van der Waals surface area contributed by atoms with Crippen molar-refractivity contribution in [2.45, 2.75) is 56.4 Å². The van der Waals surface area contributed by atoms with Gasteiger partial charge in [-0.1, -0.05) is 38.3 Å². The highest BCUT2D eigenvalue weighted by Gasteiger charge is 2.20. The molecule has 148 valence electrons. The number of rotatable bonds is 9. The van der Waals surface area contributed by atoms with Gasteiger partial charge in [-0.2, -0.15) is 0 Å². The molecule has 7 heteroatoms. The molecule has 1 fully saturated rings. The third-order valence-corrected chi connectivity index (χ3v) is 5.89. The van der Waals surface area contributed by atoms with E-state index in [0.29, 0.717) is 22.8 Å². The van der Waals surface area contributed by atoms with E-state index < -0.39 is 17.9 Å². The maximum atomic E-state index is 12.4. The molecule has 6 nitrogen and oxygen atoms in total. The van der Waals surface area contributed by atoms with Crippen LogP contribution in [0.25, 0.3) is 0 Å². The molecule has 0 spiro atoms. The SMILES string of the molecule is CCC(NC(=O)c1ccccc1SCC(=O)NCC1CCCCC1)C(=O)O. The van der Waals surface area contributed by atoms with E-state index in [1.807, 2.05) is 0 Å². The molecule has 0 radical (unpaired) electrons. The van der Waals surface area contributed by atoms with Gasteiger partial charge in [-0.25, -0.2) is 4.79 Å². The lowest BCUT2D eigenvalue weighted by Crippen LogP contribution is -2.40. The molecule has 3 N–H and O–H groups in total. The Morgan fingerprint density at radius 3 is 2.56 bits per heavy atom. The summed E-state index contributed by atoms with van der Waals surface area (Å²) in [6.45, 7) is 2.43. The zero-order valence-electron chi connectivity index (χ0n) is 15.7. The van der Waals surface area contributed by atoms with E-state index in [9.17, 15) is 14.4 Å². The average Bonchev–Trinajstić information content (AvgIpc) is 2.69. The van der Waals surface area contributed by atoms with Gasteiger partial charge in [0.2, 0.25) is 5.91 Å². The van der Waals surface area contributed by atoms with E-state index in [2.05, 4.69) is 10.6 Å². The smallest absolute Gasteiger partial charge is 0.326 e. The minimum Gasteiger partial charge on any atom is -0.480 e. The van der Waals surface area contributed by atoms with E-state index >= 15 is 0 Å². The Bertz CT molecular complexity index is 659. The van der Waals surface area contributed by atoms with Crippen LogP contribution in [-0.4, -0.2) is 41.2 Å². The summed E-state index contributed by atoms with van der Waals surface area (Å²) < 4.78 is 0. The predicted octanol–water partition coefficient (Wildman–Crippen LogP) is 3.07. The molecule has 1 atom stereocenters. The van der Waals surface area contributed by atoms with Crippen LogP contribution in [0.3, 0.4) is 0 Å². The third-order valence-electron chi connectivity index (χ3n) is 4.81. The van der Waals surface area contributed by atoms with Gasteiger partial charge < -0.3 is 15.7 Å². The molecule has 27 heavy (non-hydrogen) atoms. The van der Waals surface area contributed by atoms with E-state index in [1.165, 1.54) is 43.9 Å². The summed E-state index contributed by atoms with van der Waals surface area (Å²) in [6.07, 6.45) is 6.44. The Morgan fingerprint density at radius 1 is 1.19 bits per heavy atom. The zero-order chi connectivity index (χ0) is 19.6. The van der Waals surface area contributed by atoms with Crippen LogP contribution in [0.2, 0.25) is 0 Å². The van der Waals surface area contributed by atoms with Gasteiger partial charge in [-0.05, 0) is 37.3 Å². The van der Waals surface area contributed by atoms with Crippen LogP contribution in [0, 0.1) is 5.92 Å². The lowest BCUT2D eigenvalue weighted by Gasteiger charge is -2.21. The van der Waals surface area contributed by atoms with E-state index in [1.54, 1.807) is 31.2 Å². The van der Waals surface area contributed by atoms with Crippen molar-refractivity contribution < 1.29 is 19.5 Å². The lowest BCUT2D eigenvalue weighted by molar-refractivity contribution is -0.139. The summed E-state index contributed by atoms with van der Waals surface area (Å²) in [4.78, 5) is 36.4. The van der Waals surface area contributed by atoms with Gasteiger partial charge in [-0.15, -0.1) is 11.8 Å². The van der Waals surface area contributed by atoms with Crippen molar-refractivity contribution in [2.75, 3.05) is 12.3 Å². The van der Waals surface area contributed by atoms with Gasteiger partial charge in [0.25, 0.3) is 5.91 Å². The quantitative estimate of drug-likeness (QED) is 0.561. The molecule has 1 aliphatic carbocycles. The summed E-state index contributed by atoms with van der Waals surface area (Å²) >= 11 is 1.29. The van der Waals surface area contributed by atoms with Crippen LogP contribution in [0.4, 0.5) is 0 Å². The minimum absolute atomic E-state index is 0.0437. The largest absolute Gasteiger partial charge is 0.480 e. The van der Waals surface area contributed by atoms with Crippen molar-refractivity contribution in [1.29, 1.82) is 0 Å². The molecule has 2 rings (SSSR count). The van der Waals surface area contributed by atoms with Crippen molar-refractivity contribution in [3.63, 3.8) is 0 Å². The second-order valence-corrected chi connectivity index (χ2v) is 7.88. The molecule has 1 unspecified atom stereocenters. The van der Waals surface area contributed by atoms with Crippen molar-refractivity contribution in [1.82, 2.24) is 10.6 Å². The third kappa shape index (κ3) is 6.90. The Labute approximate surface area is 164 Å². The molecule has 0 bridgehead atoms. The predicted molar refractivity (Wildman–Crippen MR) is 106 cm³/mol. The van der Waals surface area contributed by atoms with E-state index in [4.69, 9.17) is 5.11 Å². The first kappa shape index (κ1) is 21.3. The standard InChI is InChI=1S/C20H28N2O4S/c1-2-16(20(25)26)22-19(24)15-10-6-7-11-17(15)27-13-18(23)21-12-14-8-4-3-5-9-14/h6-7,10-11,14,16H,2-5,8-9,12-13H2,1H3,(H,21,23)(H,22,24)(H,25,26). The molecule has 0 saturated heterocycles. The Balaban J connectivity index is 1.88. The Morgan fingerprint density at radius 2 is 1.89 bits per heavy atom. The summed E-state index contributed by atoms with van der Waals surface area (Å²) in [6, 6.07) is 6.02. The molecule has 1 aliphatic rings. The van der Waals surface area contributed by atoms with Crippen molar-refractivity contribution in [3.8, 4) is 0 Å². The normalized spacial score (nSPS) is 15.7. The Kier molecular flexibility index (Phi) is 8.64. The number of carboxylic acids is 1. The highest BCUT2D eigenvalue weighted by molar-refractivity contribution is 8.00. The molecule has 0 heterocycles. The fourth-order valence-electron chi connectivity index (χ4n) is 3.20. The number of carbonyl (C=O) groups excluding carboxylic acids is 2. The van der Waals surface area contributed by atoms with Crippen LogP contribution in [0.1, 0.15) is 55.8 Å². The van der Waals surface area contributed by atoms with Crippen molar-refractivity contribution in [3.05, 3.63) is 29.8 Å². The Hall–Kier alpha value is -2.02. The maximum absolute atomic E-state index is 12.4. The summed E-state index contributed by atoms with van der Waals surface area (Å²) in [7, 11) is 0. The number of carboxylic acid groups (broad SMARTS) is 1. The number of benzene rings is 1. The summed E-state index contributed by atoms with van der Waals surface area (Å²) in [5.74, 6) is -0.730. The molecule has 0 aliphatic heterocycles. The summed E-state index contributed by atoms with van der Waals surface area (Å²) in [5, 5.41) is 14.6. The first-order valence-corrected chi connectivity index (χ1v) is 10.5. The first-order chi connectivity index (χ1) is 13.0. The number of thioether (sulfide) groups is 1. The maximum Gasteiger partial charge on any atom is 0.326 e. The van der Waals surface area contributed by atoms with Gasteiger partial charge in [0, 0.05) is 11.4 Å². The van der Waals surface area contributed by atoms with Gasteiger partial charge >= 0.3 is 5.97 Å². The van der Waals surface area contributed by atoms with Gasteiger partial charge in [0.15, 0.2) is 0 Å². The van der Waals surface area contributed by atoms with Gasteiger partial charge in [-0.3, -0.25) is 9.59 Å². The van der Waals surface area contributed by atoms with E-state index in [0.717, 1.165) is 6.54 Å². The number of hydrogen-bond acceptors (Lipinski definition) is 4. The molecule has 1 aromatic carbocycles. The first-order valence-electron chi connectivity index (χ1n) is 9.53. The van der Waals surface area contributed by atoms with Crippen LogP contribution >= 0.6 is 11.8 Å². The second kappa shape index (κ2) is 11.0. The highest BCUT2D eigenvalue weighted by Crippen LogP contribution is 2.24. The van der Waals surface area contributed by atoms with Crippen molar-refractivity contribution in [2.24, 2.45) is 5.92 Å². The number of hydrogen-bond donors (Lipinski definition) is 3. The lowest BCUT2D eigenvalue weighted by atomic mass is 9.89. The van der Waals surface area contributed by atoms with Crippen LogP contribution in [0.15, 0.2) is 29.2 Å².